The molecule has 1 rings (SSSR count). The van der Waals surface area contributed by atoms with Gasteiger partial charge in [-0.05, 0) is 30.5 Å². The molecule has 0 aliphatic rings. The lowest BCUT2D eigenvalue weighted by molar-refractivity contribution is 0.340. The van der Waals surface area contributed by atoms with Crippen molar-refractivity contribution in [3.63, 3.8) is 0 Å². The summed E-state index contributed by atoms with van der Waals surface area (Å²) in [6.45, 7) is 10.1. The molecule has 1 aromatic carbocycles. The van der Waals surface area contributed by atoms with Gasteiger partial charge in [-0.2, -0.15) is 0 Å². The quantitative estimate of drug-likeness (QED) is 0.853. The number of hydrogen-bond donors (Lipinski definition) is 1. The molecule has 0 aliphatic heterocycles. The first-order valence-electron chi connectivity index (χ1n) is 5.58. The van der Waals surface area contributed by atoms with Crippen LogP contribution in [0.4, 0.5) is 5.69 Å². The molecule has 90 valence electrons. The smallest absolute Gasteiger partial charge is 0.138 e. The third-order valence-electron chi connectivity index (χ3n) is 2.05. The van der Waals surface area contributed by atoms with Gasteiger partial charge in [0.05, 0.1) is 11.6 Å². The number of halogens is 1. The van der Waals surface area contributed by atoms with E-state index < -0.39 is 0 Å². The van der Waals surface area contributed by atoms with Crippen molar-refractivity contribution >= 4 is 17.3 Å². The van der Waals surface area contributed by atoms with Crippen molar-refractivity contribution in [2.45, 2.75) is 27.7 Å². The first-order chi connectivity index (χ1) is 7.42. The van der Waals surface area contributed by atoms with Gasteiger partial charge in [0.25, 0.3) is 0 Å². The first kappa shape index (κ1) is 13.2. The molecule has 16 heavy (non-hydrogen) atoms. The predicted octanol–water partition coefficient (Wildman–Crippen LogP) is 4.20. The van der Waals surface area contributed by atoms with Gasteiger partial charge >= 0.3 is 0 Å². The maximum absolute atomic E-state index is 6.09. The van der Waals surface area contributed by atoms with E-state index in [1.165, 1.54) is 0 Å². The third kappa shape index (κ3) is 4.31. The minimum absolute atomic E-state index is 0.255. The molecule has 0 spiro atoms. The molecule has 0 radical (unpaired) electrons. The Balaban J connectivity index is 2.66. The third-order valence-corrected chi connectivity index (χ3v) is 2.35. The SMILES string of the molecule is CCOc1ccc(NCC(C)(C)C)cc1Cl. The lowest BCUT2D eigenvalue weighted by atomic mass is 9.97. The highest BCUT2D eigenvalue weighted by atomic mass is 35.5. The Bertz CT molecular complexity index is 344. The van der Waals surface area contributed by atoms with Gasteiger partial charge in [-0.1, -0.05) is 32.4 Å². The van der Waals surface area contributed by atoms with Gasteiger partial charge in [0, 0.05) is 12.2 Å². The molecular formula is C13H20ClNO. The Kier molecular flexibility index (Phi) is 4.48. The summed E-state index contributed by atoms with van der Waals surface area (Å²) in [6, 6.07) is 5.79. The highest BCUT2D eigenvalue weighted by Crippen LogP contribution is 2.28. The summed E-state index contributed by atoms with van der Waals surface area (Å²) in [5.41, 5.74) is 1.29. The van der Waals surface area contributed by atoms with E-state index in [0.717, 1.165) is 18.0 Å². The highest BCUT2D eigenvalue weighted by Gasteiger charge is 2.10. The van der Waals surface area contributed by atoms with Gasteiger partial charge in [-0.15, -0.1) is 0 Å². The van der Waals surface area contributed by atoms with Crippen molar-refractivity contribution in [1.82, 2.24) is 0 Å². The summed E-state index contributed by atoms with van der Waals surface area (Å²) in [6.07, 6.45) is 0. The molecule has 0 fully saturated rings. The Morgan fingerprint density at radius 1 is 1.31 bits per heavy atom. The van der Waals surface area contributed by atoms with Gasteiger partial charge in [0.1, 0.15) is 5.75 Å². The van der Waals surface area contributed by atoms with Crippen molar-refractivity contribution in [3.05, 3.63) is 23.2 Å². The van der Waals surface area contributed by atoms with Crippen LogP contribution in [0, 0.1) is 5.41 Å². The monoisotopic (exact) mass is 241 g/mol. The van der Waals surface area contributed by atoms with Crippen LogP contribution >= 0.6 is 11.6 Å². The van der Waals surface area contributed by atoms with Crippen LogP contribution in [-0.4, -0.2) is 13.2 Å². The highest BCUT2D eigenvalue weighted by molar-refractivity contribution is 6.32. The Morgan fingerprint density at radius 3 is 2.50 bits per heavy atom. The molecule has 2 nitrogen and oxygen atoms in total. The largest absolute Gasteiger partial charge is 0.492 e. The van der Waals surface area contributed by atoms with Crippen LogP contribution in [0.15, 0.2) is 18.2 Å². The summed E-state index contributed by atoms with van der Waals surface area (Å²) in [7, 11) is 0. The van der Waals surface area contributed by atoms with Gasteiger partial charge in [0.15, 0.2) is 0 Å². The van der Waals surface area contributed by atoms with Crippen molar-refractivity contribution < 1.29 is 4.74 Å². The maximum atomic E-state index is 6.09. The fraction of sp³-hybridized carbons (Fsp3) is 0.538. The molecular weight excluding hydrogens is 222 g/mol. The lowest BCUT2D eigenvalue weighted by Crippen LogP contribution is -2.18. The second kappa shape index (κ2) is 5.44. The summed E-state index contributed by atoms with van der Waals surface area (Å²) < 4.78 is 5.38. The lowest BCUT2D eigenvalue weighted by Gasteiger charge is -2.20. The number of rotatable bonds is 4. The zero-order valence-electron chi connectivity index (χ0n) is 10.4. The molecule has 3 heteroatoms. The molecule has 0 atom stereocenters. The predicted molar refractivity (Wildman–Crippen MR) is 70.6 cm³/mol. The fourth-order valence-corrected chi connectivity index (χ4v) is 1.49. The van der Waals surface area contributed by atoms with Crippen molar-refractivity contribution in [2.75, 3.05) is 18.5 Å². The average molecular weight is 242 g/mol. The standard InChI is InChI=1S/C13H20ClNO/c1-5-16-12-7-6-10(8-11(12)14)15-9-13(2,3)4/h6-8,15H,5,9H2,1-4H3. The summed E-state index contributed by atoms with van der Waals surface area (Å²) in [5.74, 6) is 0.741. The second-order valence-corrected chi connectivity index (χ2v) is 5.40. The van der Waals surface area contributed by atoms with E-state index in [1.54, 1.807) is 0 Å². The van der Waals surface area contributed by atoms with E-state index >= 15 is 0 Å². The van der Waals surface area contributed by atoms with E-state index in [2.05, 4.69) is 26.1 Å². The van der Waals surface area contributed by atoms with Crippen LogP contribution in [0.3, 0.4) is 0 Å². The molecule has 0 aromatic heterocycles. The van der Waals surface area contributed by atoms with E-state index in [0.29, 0.717) is 11.6 Å². The van der Waals surface area contributed by atoms with Crippen LogP contribution in [0.1, 0.15) is 27.7 Å². The molecule has 0 saturated carbocycles. The minimum atomic E-state index is 0.255. The van der Waals surface area contributed by atoms with Crippen LogP contribution < -0.4 is 10.1 Å². The average Bonchev–Trinajstić information content (AvgIpc) is 2.18. The van der Waals surface area contributed by atoms with Crippen molar-refractivity contribution in [1.29, 1.82) is 0 Å². The van der Waals surface area contributed by atoms with Crippen molar-refractivity contribution in [2.24, 2.45) is 5.41 Å². The molecule has 0 aliphatic carbocycles. The fourth-order valence-electron chi connectivity index (χ4n) is 1.25. The molecule has 1 aromatic rings. The molecule has 0 bridgehead atoms. The number of ether oxygens (including phenoxy) is 1. The number of nitrogens with one attached hydrogen (secondary N) is 1. The normalized spacial score (nSPS) is 11.3. The molecule has 0 saturated heterocycles. The molecule has 1 N–H and O–H groups in total. The zero-order chi connectivity index (χ0) is 12.2. The maximum Gasteiger partial charge on any atom is 0.138 e. The van der Waals surface area contributed by atoms with E-state index in [4.69, 9.17) is 16.3 Å². The van der Waals surface area contributed by atoms with Gasteiger partial charge < -0.3 is 10.1 Å². The Hall–Kier alpha value is -0.890. The molecule has 0 unspecified atom stereocenters. The second-order valence-electron chi connectivity index (χ2n) is 4.99. The van der Waals surface area contributed by atoms with Gasteiger partial charge in [-0.3, -0.25) is 0 Å². The summed E-state index contributed by atoms with van der Waals surface area (Å²) in [4.78, 5) is 0. The number of anilines is 1. The van der Waals surface area contributed by atoms with E-state index in [-0.39, 0.29) is 5.41 Å². The number of benzene rings is 1. The Labute approximate surface area is 103 Å². The van der Waals surface area contributed by atoms with Crippen LogP contribution in [0.5, 0.6) is 5.75 Å². The van der Waals surface area contributed by atoms with Crippen LogP contribution in [-0.2, 0) is 0 Å². The van der Waals surface area contributed by atoms with Gasteiger partial charge in [0.2, 0.25) is 0 Å². The number of hydrogen-bond acceptors (Lipinski definition) is 2. The van der Waals surface area contributed by atoms with Crippen LogP contribution in [0.2, 0.25) is 5.02 Å². The molecule has 0 heterocycles. The van der Waals surface area contributed by atoms with Crippen molar-refractivity contribution in [3.8, 4) is 5.75 Å². The zero-order valence-corrected chi connectivity index (χ0v) is 11.2. The molecule has 0 amide bonds. The Morgan fingerprint density at radius 2 is 2.00 bits per heavy atom. The summed E-state index contributed by atoms with van der Waals surface area (Å²) in [5, 5.41) is 4.01. The van der Waals surface area contributed by atoms with E-state index in [1.807, 2.05) is 25.1 Å². The topological polar surface area (TPSA) is 21.3 Å². The van der Waals surface area contributed by atoms with Gasteiger partial charge in [-0.25, -0.2) is 0 Å². The van der Waals surface area contributed by atoms with Crippen LogP contribution in [0.25, 0.3) is 0 Å². The summed E-state index contributed by atoms with van der Waals surface area (Å²) >= 11 is 6.09. The first-order valence-corrected chi connectivity index (χ1v) is 5.96. The minimum Gasteiger partial charge on any atom is -0.492 e. The van der Waals surface area contributed by atoms with E-state index in [9.17, 15) is 0 Å².